The van der Waals surface area contributed by atoms with E-state index >= 15 is 0 Å². The lowest BCUT2D eigenvalue weighted by Crippen LogP contribution is -2.59. The molecule has 67 heavy (non-hydrogen) atoms. The van der Waals surface area contributed by atoms with Crippen LogP contribution >= 0.6 is 46.4 Å². The summed E-state index contributed by atoms with van der Waals surface area (Å²) in [6, 6.07) is 30.7. The lowest BCUT2D eigenvalue weighted by Gasteiger charge is -2.53. The molecule has 6 nitrogen and oxygen atoms in total. The van der Waals surface area contributed by atoms with Gasteiger partial charge in [-0.3, -0.25) is 9.59 Å². The Kier molecular flexibility index (Phi) is 17.7. The van der Waals surface area contributed by atoms with Gasteiger partial charge in [-0.2, -0.15) is 0 Å². The number of amides is 2. The highest BCUT2D eigenvalue weighted by Crippen LogP contribution is 2.56. The number of piperidine rings is 2. The predicted molar refractivity (Wildman–Crippen MR) is 278 cm³/mol. The minimum atomic E-state index is -0.599. The van der Waals surface area contributed by atoms with E-state index in [9.17, 15) is 19.8 Å². The third kappa shape index (κ3) is 11.5. The first-order valence-corrected chi connectivity index (χ1v) is 25.3. The summed E-state index contributed by atoms with van der Waals surface area (Å²) in [5.74, 6) is 0.903. The Balaban J connectivity index is 0.000000218. The first-order chi connectivity index (χ1) is 31.6. The van der Waals surface area contributed by atoms with Gasteiger partial charge in [-0.15, -0.1) is 13.2 Å². The van der Waals surface area contributed by atoms with Gasteiger partial charge in [-0.25, -0.2) is 0 Å². The minimum absolute atomic E-state index is 0. The summed E-state index contributed by atoms with van der Waals surface area (Å²) in [6.07, 6.45) is 10.5. The Morgan fingerprint density at radius 2 is 0.925 bits per heavy atom. The molecular formula is C57H70Cl4N2O4. The molecule has 4 fully saturated rings. The van der Waals surface area contributed by atoms with Crippen molar-refractivity contribution in [1.82, 2.24) is 9.80 Å². The zero-order valence-corrected chi connectivity index (χ0v) is 41.8. The van der Waals surface area contributed by atoms with Crippen LogP contribution < -0.4 is 0 Å². The second kappa shape index (κ2) is 22.4. The summed E-state index contributed by atoms with van der Waals surface area (Å²) in [5, 5.41) is 25.0. The number of carbonyl (C=O) groups excluding carboxylic acids is 2. The number of nitrogens with zero attached hydrogens (tertiary/aromatic N) is 2. The quantitative estimate of drug-likeness (QED) is 0.110. The van der Waals surface area contributed by atoms with Gasteiger partial charge >= 0.3 is 0 Å². The van der Waals surface area contributed by atoms with Crippen molar-refractivity contribution in [3.63, 3.8) is 0 Å². The van der Waals surface area contributed by atoms with E-state index in [2.05, 4.69) is 25.3 Å². The lowest BCUT2D eigenvalue weighted by atomic mass is 9.66. The number of hydrogen-bond acceptors (Lipinski definition) is 4. The van der Waals surface area contributed by atoms with Gasteiger partial charge in [-0.05, 0) is 147 Å². The van der Waals surface area contributed by atoms with Crippen molar-refractivity contribution in [2.75, 3.05) is 0 Å². The molecule has 2 saturated carbocycles. The molecule has 0 spiro atoms. The molecule has 360 valence electrons. The van der Waals surface area contributed by atoms with Gasteiger partial charge in [0.2, 0.25) is 11.8 Å². The molecule has 2 aliphatic heterocycles. The van der Waals surface area contributed by atoms with Crippen molar-refractivity contribution in [3.05, 3.63) is 165 Å². The molecule has 10 atom stereocenters. The molecule has 10 heteroatoms. The van der Waals surface area contributed by atoms with Crippen LogP contribution in [0.15, 0.2) is 122 Å². The number of carbonyl (C=O) groups is 2. The van der Waals surface area contributed by atoms with Crippen LogP contribution in [0.3, 0.4) is 0 Å². The Labute approximate surface area is 420 Å². The Hall–Kier alpha value is -3.62. The first kappa shape index (κ1) is 52.7. The van der Waals surface area contributed by atoms with Crippen molar-refractivity contribution < 1.29 is 19.8 Å². The topological polar surface area (TPSA) is 81.1 Å². The smallest absolute Gasteiger partial charge is 0.229 e. The lowest BCUT2D eigenvalue weighted by molar-refractivity contribution is -0.160. The second-order valence-corrected chi connectivity index (χ2v) is 21.6. The fourth-order valence-electron chi connectivity index (χ4n) is 11.2. The molecule has 0 aromatic heterocycles. The maximum absolute atomic E-state index is 14.2. The van der Waals surface area contributed by atoms with E-state index in [0.717, 1.165) is 47.9 Å². The number of aliphatic hydroxyl groups is 2. The van der Waals surface area contributed by atoms with Crippen LogP contribution in [-0.2, 0) is 9.59 Å². The van der Waals surface area contributed by atoms with Crippen LogP contribution in [0.4, 0.5) is 0 Å². The molecule has 2 aliphatic carbocycles. The van der Waals surface area contributed by atoms with Gasteiger partial charge in [0, 0.05) is 31.9 Å². The zero-order valence-electron chi connectivity index (χ0n) is 38.8. The number of aliphatic hydroxyl groups excluding tert-OH is 2. The molecule has 2 heterocycles. The highest BCUT2D eigenvalue weighted by atomic mass is 35.5. The van der Waals surface area contributed by atoms with E-state index in [4.69, 9.17) is 46.4 Å². The van der Waals surface area contributed by atoms with E-state index in [1.54, 1.807) is 0 Å². The first-order valence-electron chi connectivity index (χ1n) is 23.8. The molecule has 2 amide bonds. The molecule has 2 N–H and O–H groups in total. The molecule has 4 aromatic rings. The van der Waals surface area contributed by atoms with E-state index in [0.29, 0.717) is 70.5 Å². The standard InChI is InChI=1S/2C28H33Cl2NO2.CH4/c2*1-4-15-28(3)17-23(20-7-6-8-22(30)16-20)25(18-11-13-21(29)14-12-18)31(27(28)33)26(19-9-10-19)24(32)5-2;/h2*4,6-8,11-14,16,19,23-26,32H,1,5,9-10,15,17H2,2-3H3;1H4/t23-,24+,25?,26+,28+;23-,24-,25?,26+,28+;/m11./s1. The van der Waals surface area contributed by atoms with Crippen molar-refractivity contribution >= 4 is 58.2 Å². The number of halogens is 4. The maximum Gasteiger partial charge on any atom is 0.229 e. The Morgan fingerprint density at radius 1 is 0.582 bits per heavy atom. The maximum atomic E-state index is 14.2. The minimum Gasteiger partial charge on any atom is -0.391 e. The number of benzene rings is 4. The molecule has 4 aliphatic rings. The van der Waals surface area contributed by atoms with E-state index in [-0.39, 0.29) is 55.2 Å². The fraction of sp³-hybridized carbons (Fsp3) is 0.474. The van der Waals surface area contributed by atoms with Crippen LogP contribution in [0.25, 0.3) is 0 Å². The number of hydrogen-bond donors (Lipinski definition) is 2. The summed E-state index contributed by atoms with van der Waals surface area (Å²) >= 11 is 25.3. The van der Waals surface area contributed by atoms with Crippen LogP contribution in [0.2, 0.25) is 20.1 Å². The summed E-state index contributed by atoms with van der Waals surface area (Å²) in [6.45, 7) is 16.0. The van der Waals surface area contributed by atoms with Gasteiger partial charge in [-0.1, -0.05) is 142 Å². The summed E-state index contributed by atoms with van der Waals surface area (Å²) in [5.41, 5.74) is 3.09. The molecule has 2 saturated heterocycles. The molecule has 4 aromatic carbocycles. The number of rotatable bonds is 16. The average Bonchev–Trinajstić information content (AvgIpc) is 4.25. The van der Waals surface area contributed by atoms with Gasteiger partial charge in [0.05, 0.1) is 47.2 Å². The molecule has 8 rings (SSSR count). The largest absolute Gasteiger partial charge is 0.391 e. The molecule has 0 radical (unpaired) electrons. The Bertz CT molecular complexity index is 2170. The van der Waals surface area contributed by atoms with Crippen molar-refractivity contribution in [1.29, 1.82) is 0 Å². The summed E-state index contributed by atoms with van der Waals surface area (Å²) in [4.78, 5) is 32.6. The van der Waals surface area contributed by atoms with Crippen LogP contribution in [-0.4, -0.2) is 56.1 Å². The Morgan fingerprint density at radius 3 is 1.21 bits per heavy atom. The SMILES string of the molecule is C.C=CC[C@@]1(C)C[C@H](c2cccc(Cl)c2)C(c2ccc(Cl)cc2)N([C@@H](C2CC2)[C@@H](O)CC)C1=O.C=CC[C@@]1(C)C[C@H](c2cccc(Cl)c2)C(c2ccc(Cl)cc2)N([C@@H](C2CC2)[C@H](O)CC)C1=O. The van der Waals surface area contributed by atoms with E-state index in [1.807, 2.05) is 135 Å². The number of allylic oxidation sites excluding steroid dienone is 2. The average molecular weight is 989 g/mol. The van der Waals surface area contributed by atoms with Crippen LogP contribution in [0, 0.1) is 22.7 Å². The van der Waals surface area contributed by atoms with Gasteiger partial charge in [0.25, 0.3) is 0 Å². The molecule has 0 bridgehead atoms. The monoisotopic (exact) mass is 986 g/mol. The highest BCUT2D eigenvalue weighted by Gasteiger charge is 2.56. The summed E-state index contributed by atoms with van der Waals surface area (Å²) < 4.78 is 0. The van der Waals surface area contributed by atoms with Gasteiger partial charge < -0.3 is 20.0 Å². The van der Waals surface area contributed by atoms with Crippen molar-refractivity contribution in [2.24, 2.45) is 22.7 Å². The van der Waals surface area contributed by atoms with E-state index < -0.39 is 23.0 Å². The van der Waals surface area contributed by atoms with Crippen molar-refractivity contribution in [3.8, 4) is 0 Å². The van der Waals surface area contributed by atoms with Crippen LogP contribution in [0.1, 0.15) is 146 Å². The van der Waals surface area contributed by atoms with Crippen LogP contribution in [0.5, 0.6) is 0 Å². The van der Waals surface area contributed by atoms with Gasteiger partial charge in [0.1, 0.15) is 0 Å². The summed E-state index contributed by atoms with van der Waals surface area (Å²) in [7, 11) is 0. The predicted octanol–water partition coefficient (Wildman–Crippen LogP) is 15.0. The van der Waals surface area contributed by atoms with Gasteiger partial charge in [0.15, 0.2) is 0 Å². The number of likely N-dealkylation sites (tertiary alicyclic amines) is 2. The third-order valence-corrected chi connectivity index (χ3v) is 15.8. The third-order valence-electron chi connectivity index (χ3n) is 14.8. The molecular weight excluding hydrogens is 918 g/mol. The fourth-order valence-corrected chi connectivity index (χ4v) is 11.9. The molecule has 2 unspecified atom stereocenters. The second-order valence-electron chi connectivity index (χ2n) is 19.9. The van der Waals surface area contributed by atoms with Crippen molar-refractivity contribution in [2.45, 2.75) is 148 Å². The zero-order chi connectivity index (χ0) is 47.5. The normalized spacial score (nSPS) is 26.9. The van der Waals surface area contributed by atoms with E-state index in [1.165, 1.54) is 0 Å². The highest BCUT2D eigenvalue weighted by molar-refractivity contribution is 6.31.